The first-order valence-electron chi connectivity index (χ1n) is 7.20. The Labute approximate surface area is 149 Å². The number of hydrogen-bond donors (Lipinski definition) is 2. The molecule has 0 unspecified atom stereocenters. The lowest BCUT2D eigenvalue weighted by Crippen LogP contribution is -2.03. The number of aromatic carboxylic acids is 1. The summed E-state index contributed by atoms with van der Waals surface area (Å²) >= 11 is 12.5. The van der Waals surface area contributed by atoms with Gasteiger partial charge in [-0.05, 0) is 42.0 Å². The summed E-state index contributed by atoms with van der Waals surface area (Å²) in [7, 11) is 0. The Bertz CT molecular complexity index is 909. The number of hydrogen-bond acceptors (Lipinski definition) is 2. The molecule has 120 valence electrons. The van der Waals surface area contributed by atoms with Crippen molar-refractivity contribution >= 4 is 40.5 Å². The maximum absolute atomic E-state index is 11.4. The van der Waals surface area contributed by atoms with Crippen LogP contribution >= 0.6 is 23.2 Å². The van der Waals surface area contributed by atoms with E-state index in [1.54, 1.807) is 36.4 Å². The Morgan fingerprint density at radius 3 is 2.33 bits per heavy atom. The average molecular weight is 358 g/mol. The summed E-state index contributed by atoms with van der Waals surface area (Å²) in [6, 6.07) is 19.5. The summed E-state index contributed by atoms with van der Waals surface area (Å²) in [6.45, 7) is 0. The summed E-state index contributed by atoms with van der Waals surface area (Å²) < 4.78 is 0. The molecule has 0 saturated carbocycles. The highest BCUT2D eigenvalue weighted by Crippen LogP contribution is 2.37. The fourth-order valence-corrected chi connectivity index (χ4v) is 2.96. The van der Waals surface area contributed by atoms with Crippen molar-refractivity contribution in [2.24, 2.45) is 0 Å². The van der Waals surface area contributed by atoms with Gasteiger partial charge in [0.2, 0.25) is 0 Å². The number of para-hydroxylation sites is 1. The largest absolute Gasteiger partial charge is 0.478 e. The highest BCUT2D eigenvalue weighted by atomic mass is 35.5. The molecular formula is C19H13Cl2NO2. The zero-order valence-corrected chi connectivity index (χ0v) is 14.0. The monoisotopic (exact) mass is 357 g/mol. The number of carbonyl (C=O) groups is 1. The van der Waals surface area contributed by atoms with Crippen molar-refractivity contribution in [2.75, 3.05) is 5.32 Å². The van der Waals surface area contributed by atoms with Gasteiger partial charge in [-0.15, -0.1) is 0 Å². The molecule has 0 aliphatic rings. The van der Waals surface area contributed by atoms with Crippen LogP contribution in [0.1, 0.15) is 10.4 Å². The molecule has 0 amide bonds. The number of rotatable bonds is 4. The van der Waals surface area contributed by atoms with Crippen LogP contribution in [0, 0.1) is 0 Å². The molecule has 0 saturated heterocycles. The summed E-state index contributed by atoms with van der Waals surface area (Å²) in [6.07, 6.45) is 0. The van der Waals surface area contributed by atoms with E-state index in [-0.39, 0.29) is 5.56 Å². The molecule has 0 heterocycles. The van der Waals surface area contributed by atoms with E-state index in [0.29, 0.717) is 21.4 Å². The molecular weight excluding hydrogens is 345 g/mol. The SMILES string of the molecule is O=C(O)c1ccccc1Nc1cccc(Cl)c1-c1cccc(Cl)c1. The summed E-state index contributed by atoms with van der Waals surface area (Å²) in [5, 5.41) is 13.7. The Balaban J connectivity index is 2.11. The van der Waals surface area contributed by atoms with Crippen molar-refractivity contribution in [1.29, 1.82) is 0 Å². The second-order valence-corrected chi connectivity index (χ2v) is 5.99. The lowest BCUT2D eigenvalue weighted by molar-refractivity contribution is 0.0698. The number of nitrogens with one attached hydrogen (secondary N) is 1. The molecule has 0 aliphatic carbocycles. The van der Waals surface area contributed by atoms with Gasteiger partial charge in [-0.2, -0.15) is 0 Å². The molecule has 3 nitrogen and oxygen atoms in total. The van der Waals surface area contributed by atoms with Gasteiger partial charge in [0.15, 0.2) is 0 Å². The van der Waals surface area contributed by atoms with Gasteiger partial charge < -0.3 is 10.4 Å². The third-order valence-electron chi connectivity index (χ3n) is 3.55. The van der Waals surface area contributed by atoms with Crippen LogP contribution in [-0.2, 0) is 0 Å². The van der Waals surface area contributed by atoms with E-state index in [2.05, 4.69) is 5.32 Å². The highest BCUT2D eigenvalue weighted by Gasteiger charge is 2.14. The molecule has 0 bridgehead atoms. The summed E-state index contributed by atoms with van der Waals surface area (Å²) in [5.74, 6) is -0.996. The minimum absolute atomic E-state index is 0.189. The lowest BCUT2D eigenvalue weighted by atomic mass is 10.0. The van der Waals surface area contributed by atoms with Crippen LogP contribution in [0.25, 0.3) is 11.1 Å². The van der Waals surface area contributed by atoms with Gasteiger partial charge in [0.1, 0.15) is 0 Å². The fourth-order valence-electron chi connectivity index (χ4n) is 2.49. The van der Waals surface area contributed by atoms with Gasteiger partial charge in [-0.1, -0.05) is 53.5 Å². The Hall–Kier alpha value is -2.49. The van der Waals surface area contributed by atoms with Gasteiger partial charge in [-0.25, -0.2) is 4.79 Å². The summed E-state index contributed by atoms with van der Waals surface area (Å²) in [5.41, 5.74) is 3.01. The topological polar surface area (TPSA) is 49.3 Å². The number of anilines is 2. The van der Waals surface area contributed by atoms with E-state index in [0.717, 1.165) is 11.1 Å². The lowest BCUT2D eigenvalue weighted by Gasteiger charge is -2.15. The Morgan fingerprint density at radius 2 is 1.58 bits per heavy atom. The number of carboxylic acids is 1. The Kier molecular flexibility index (Phi) is 4.74. The van der Waals surface area contributed by atoms with E-state index in [4.69, 9.17) is 23.2 Å². The number of carboxylic acid groups (broad SMARTS) is 1. The second-order valence-electron chi connectivity index (χ2n) is 5.15. The van der Waals surface area contributed by atoms with E-state index in [1.165, 1.54) is 0 Å². The molecule has 24 heavy (non-hydrogen) atoms. The van der Waals surface area contributed by atoms with Crippen LogP contribution in [0.5, 0.6) is 0 Å². The van der Waals surface area contributed by atoms with Crippen molar-refractivity contribution in [1.82, 2.24) is 0 Å². The first-order valence-corrected chi connectivity index (χ1v) is 7.95. The molecule has 0 aliphatic heterocycles. The molecule has 0 atom stereocenters. The third-order valence-corrected chi connectivity index (χ3v) is 4.10. The van der Waals surface area contributed by atoms with Crippen molar-refractivity contribution < 1.29 is 9.90 Å². The quantitative estimate of drug-likeness (QED) is 0.592. The normalized spacial score (nSPS) is 10.4. The van der Waals surface area contributed by atoms with Crippen molar-refractivity contribution in [3.05, 3.63) is 82.3 Å². The van der Waals surface area contributed by atoms with Crippen LogP contribution in [0.3, 0.4) is 0 Å². The maximum atomic E-state index is 11.4. The molecule has 0 fully saturated rings. The van der Waals surface area contributed by atoms with Gasteiger partial charge in [0, 0.05) is 16.3 Å². The average Bonchev–Trinajstić information content (AvgIpc) is 2.55. The van der Waals surface area contributed by atoms with Gasteiger partial charge in [0.05, 0.1) is 16.3 Å². The maximum Gasteiger partial charge on any atom is 0.337 e. The van der Waals surface area contributed by atoms with Crippen molar-refractivity contribution in [3.8, 4) is 11.1 Å². The van der Waals surface area contributed by atoms with E-state index in [1.807, 2.05) is 30.3 Å². The second kappa shape index (κ2) is 6.95. The molecule has 0 spiro atoms. The molecule has 3 aromatic rings. The van der Waals surface area contributed by atoms with Gasteiger partial charge in [-0.3, -0.25) is 0 Å². The van der Waals surface area contributed by atoms with E-state index < -0.39 is 5.97 Å². The van der Waals surface area contributed by atoms with Crippen LogP contribution in [0.4, 0.5) is 11.4 Å². The van der Waals surface area contributed by atoms with Crippen LogP contribution < -0.4 is 5.32 Å². The van der Waals surface area contributed by atoms with Crippen molar-refractivity contribution in [3.63, 3.8) is 0 Å². The van der Waals surface area contributed by atoms with Gasteiger partial charge >= 0.3 is 5.97 Å². The summed E-state index contributed by atoms with van der Waals surface area (Å²) in [4.78, 5) is 11.4. The van der Waals surface area contributed by atoms with Gasteiger partial charge in [0.25, 0.3) is 0 Å². The predicted molar refractivity (Wildman–Crippen MR) is 98.6 cm³/mol. The van der Waals surface area contributed by atoms with E-state index in [9.17, 15) is 9.90 Å². The highest BCUT2D eigenvalue weighted by molar-refractivity contribution is 6.34. The Morgan fingerprint density at radius 1 is 0.875 bits per heavy atom. The molecule has 3 aromatic carbocycles. The standard InChI is InChI=1S/C19H13Cl2NO2/c20-13-6-3-5-12(11-13)18-15(21)8-4-10-17(18)22-16-9-2-1-7-14(16)19(23)24/h1-11,22H,(H,23,24). The van der Waals surface area contributed by atoms with E-state index >= 15 is 0 Å². The molecule has 2 N–H and O–H groups in total. The molecule has 3 rings (SSSR count). The molecule has 0 aromatic heterocycles. The molecule has 0 radical (unpaired) electrons. The minimum Gasteiger partial charge on any atom is -0.478 e. The number of benzene rings is 3. The van der Waals surface area contributed by atoms with Crippen LogP contribution in [0.15, 0.2) is 66.7 Å². The smallest absolute Gasteiger partial charge is 0.337 e. The minimum atomic E-state index is -0.996. The first kappa shape index (κ1) is 16.4. The predicted octanol–water partition coefficient (Wildman–Crippen LogP) is 6.10. The zero-order chi connectivity index (χ0) is 17.1. The number of halogens is 2. The fraction of sp³-hybridized carbons (Fsp3) is 0. The van der Waals surface area contributed by atoms with Crippen LogP contribution in [-0.4, -0.2) is 11.1 Å². The zero-order valence-electron chi connectivity index (χ0n) is 12.5. The molecule has 5 heteroatoms. The first-order chi connectivity index (χ1) is 11.6. The van der Waals surface area contributed by atoms with Crippen LogP contribution in [0.2, 0.25) is 10.0 Å². The third kappa shape index (κ3) is 3.37. The van der Waals surface area contributed by atoms with Crippen molar-refractivity contribution in [2.45, 2.75) is 0 Å².